The summed E-state index contributed by atoms with van der Waals surface area (Å²) in [6.45, 7) is 2.76. The molecule has 2 aromatic rings. The predicted octanol–water partition coefficient (Wildman–Crippen LogP) is 5.31. The number of nitrogens with zero attached hydrogens (tertiary/aromatic N) is 1. The van der Waals surface area contributed by atoms with Gasteiger partial charge in [0, 0.05) is 41.4 Å². The molecule has 1 heterocycles. The summed E-state index contributed by atoms with van der Waals surface area (Å²) in [6.07, 6.45) is 7.03. The third-order valence-corrected chi connectivity index (χ3v) is 5.06. The second-order valence-corrected chi connectivity index (χ2v) is 7.27. The standard InChI is InChI=1S/C21H22Cl2N2O/c22-18-8-6-17(20(23)14-18)7-11-21(26)24-15-16-4-9-19(10-5-16)25-12-2-1-3-13-25/h4-11,14H,1-3,12-13,15H2,(H,24,26)/b11-7+. The average molecular weight is 389 g/mol. The van der Waals surface area contributed by atoms with E-state index in [1.165, 1.54) is 31.0 Å². The molecule has 1 aliphatic rings. The van der Waals surface area contributed by atoms with Gasteiger partial charge < -0.3 is 10.2 Å². The average Bonchev–Trinajstić information content (AvgIpc) is 2.67. The second-order valence-electron chi connectivity index (χ2n) is 6.43. The van der Waals surface area contributed by atoms with Crippen LogP contribution in [-0.4, -0.2) is 19.0 Å². The Kier molecular flexibility index (Phi) is 6.59. The predicted molar refractivity (Wildman–Crippen MR) is 110 cm³/mol. The van der Waals surface area contributed by atoms with Crippen LogP contribution in [0.4, 0.5) is 5.69 Å². The maximum atomic E-state index is 12.0. The molecular weight excluding hydrogens is 367 g/mol. The molecule has 0 radical (unpaired) electrons. The van der Waals surface area contributed by atoms with E-state index >= 15 is 0 Å². The van der Waals surface area contributed by atoms with Gasteiger partial charge in [0.2, 0.25) is 5.91 Å². The van der Waals surface area contributed by atoms with Crippen LogP contribution in [0.2, 0.25) is 10.0 Å². The fourth-order valence-electron chi connectivity index (χ4n) is 3.03. The van der Waals surface area contributed by atoms with Gasteiger partial charge in [-0.15, -0.1) is 0 Å². The van der Waals surface area contributed by atoms with Crippen molar-refractivity contribution in [3.63, 3.8) is 0 Å². The third-order valence-electron chi connectivity index (χ3n) is 4.50. The van der Waals surface area contributed by atoms with Crippen molar-refractivity contribution in [2.24, 2.45) is 0 Å². The molecule has 1 N–H and O–H groups in total. The van der Waals surface area contributed by atoms with Crippen LogP contribution in [-0.2, 0) is 11.3 Å². The first-order chi connectivity index (χ1) is 12.6. The van der Waals surface area contributed by atoms with Gasteiger partial charge in [0.05, 0.1) is 0 Å². The Labute approximate surface area is 164 Å². The maximum absolute atomic E-state index is 12.0. The molecule has 2 aromatic carbocycles. The molecule has 1 amide bonds. The van der Waals surface area contributed by atoms with Crippen molar-refractivity contribution in [2.75, 3.05) is 18.0 Å². The molecule has 1 saturated heterocycles. The summed E-state index contributed by atoms with van der Waals surface area (Å²) in [5.41, 5.74) is 3.10. The van der Waals surface area contributed by atoms with Crippen LogP contribution < -0.4 is 10.2 Å². The van der Waals surface area contributed by atoms with Crippen molar-refractivity contribution in [1.82, 2.24) is 5.32 Å². The Morgan fingerprint density at radius 1 is 1.04 bits per heavy atom. The van der Waals surface area contributed by atoms with Crippen molar-refractivity contribution in [2.45, 2.75) is 25.8 Å². The number of hydrogen-bond acceptors (Lipinski definition) is 2. The monoisotopic (exact) mass is 388 g/mol. The summed E-state index contributed by atoms with van der Waals surface area (Å²) in [5, 5.41) is 3.99. The van der Waals surface area contributed by atoms with Gasteiger partial charge in [-0.3, -0.25) is 4.79 Å². The molecule has 0 unspecified atom stereocenters. The summed E-state index contributed by atoms with van der Waals surface area (Å²) in [7, 11) is 0. The van der Waals surface area contributed by atoms with E-state index in [4.69, 9.17) is 23.2 Å². The Bertz CT molecular complexity index is 781. The van der Waals surface area contributed by atoms with Crippen LogP contribution in [0.15, 0.2) is 48.5 Å². The van der Waals surface area contributed by atoms with Gasteiger partial charge in [-0.1, -0.05) is 41.4 Å². The van der Waals surface area contributed by atoms with E-state index < -0.39 is 0 Å². The fourth-order valence-corrected chi connectivity index (χ4v) is 3.50. The van der Waals surface area contributed by atoms with Crippen molar-refractivity contribution in [3.8, 4) is 0 Å². The summed E-state index contributed by atoms with van der Waals surface area (Å²) < 4.78 is 0. The first kappa shape index (κ1) is 18.8. The van der Waals surface area contributed by atoms with Crippen molar-refractivity contribution in [1.29, 1.82) is 0 Å². The molecule has 0 atom stereocenters. The number of carbonyl (C=O) groups is 1. The summed E-state index contributed by atoms with van der Waals surface area (Å²) >= 11 is 12.0. The summed E-state index contributed by atoms with van der Waals surface area (Å²) in [6, 6.07) is 13.6. The quantitative estimate of drug-likeness (QED) is 0.703. The maximum Gasteiger partial charge on any atom is 0.244 e. The highest BCUT2D eigenvalue weighted by Gasteiger charge is 2.10. The highest BCUT2D eigenvalue weighted by molar-refractivity contribution is 6.35. The molecular formula is C21H22Cl2N2O. The minimum absolute atomic E-state index is 0.156. The first-order valence-corrected chi connectivity index (χ1v) is 9.62. The Balaban J connectivity index is 1.51. The molecule has 0 aromatic heterocycles. The zero-order valence-corrected chi connectivity index (χ0v) is 16.1. The molecule has 26 heavy (non-hydrogen) atoms. The largest absolute Gasteiger partial charge is 0.372 e. The minimum Gasteiger partial charge on any atom is -0.372 e. The van der Waals surface area contributed by atoms with Gasteiger partial charge in [0.15, 0.2) is 0 Å². The second kappa shape index (κ2) is 9.11. The molecule has 3 nitrogen and oxygen atoms in total. The van der Waals surface area contributed by atoms with Crippen LogP contribution >= 0.6 is 23.2 Å². The van der Waals surface area contributed by atoms with Gasteiger partial charge in [-0.2, -0.15) is 0 Å². The molecule has 1 aliphatic heterocycles. The SMILES string of the molecule is O=C(/C=C/c1ccc(Cl)cc1Cl)NCc1ccc(N2CCCCC2)cc1. The van der Waals surface area contributed by atoms with Crippen molar-refractivity contribution >= 4 is 40.9 Å². The number of anilines is 1. The molecule has 0 spiro atoms. The topological polar surface area (TPSA) is 32.3 Å². The lowest BCUT2D eigenvalue weighted by Crippen LogP contribution is -2.29. The molecule has 0 aliphatic carbocycles. The van der Waals surface area contributed by atoms with Gasteiger partial charge in [-0.05, 0) is 60.7 Å². The number of piperidine rings is 1. The summed E-state index contributed by atoms with van der Waals surface area (Å²) in [5.74, 6) is -0.156. The lowest BCUT2D eigenvalue weighted by molar-refractivity contribution is -0.116. The summed E-state index contributed by atoms with van der Waals surface area (Å²) in [4.78, 5) is 14.4. The zero-order chi connectivity index (χ0) is 18.4. The Morgan fingerprint density at radius 3 is 2.46 bits per heavy atom. The number of halogens is 2. The lowest BCUT2D eigenvalue weighted by Gasteiger charge is -2.28. The van der Waals surface area contributed by atoms with Crippen LogP contribution in [0.25, 0.3) is 6.08 Å². The van der Waals surface area contributed by atoms with E-state index in [9.17, 15) is 4.79 Å². The van der Waals surface area contributed by atoms with E-state index in [2.05, 4.69) is 34.5 Å². The van der Waals surface area contributed by atoms with Crippen molar-refractivity contribution in [3.05, 3.63) is 69.7 Å². The Hall–Kier alpha value is -1.97. The zero-order valence-electron chi connectivity index (χ0n) is 14.6. The Morgan fingerprint density at radius 2 is 1.77 bits per heavy atom. The van der Waals surface area contributed by atoms with E-state index in [1.54, 1.807) is 24.3 Å². The number of hydrogen-bond donors (Lipinski definition) is 1. The van der Waals surface area contributed by atoms with Crippen molar-refractivity contribution < 1.29 is 4.79 Å². The first-order valence-electron chi connectivity index (χ1n) is 8.87. The van der Waals surface area contributed by atoms with Gasteiger partial charge in [-0.25, -0.2) is 0 Å². The molecule has 136 valence electrons. The number of nitrogens with one attached hydrogen (secondary N) is 1. The van der Waals surface area contributed by atoms with Crippen LogP contribution in [0.1, 0.15) is 30.4 Å². The molecule has 1 fully saturated rings. The molecule has 3 rings (SSSR count). The smallest absolute Gasteiger partial charge is 0.244 e. The molecule has 0 bridgehead atoms. The lowest BCUT2D eigenvalue weighted by atomic mass is 10.1. The van der Waals surface area contributed by atoms with Crippen LogP contribution in [0.5, 0.6) is 0 Å². The van der Waals surface area contributed by atoms with E-state index in [0.717, 1.165) is 24.2 Å². The third kappa shape index (κ3) is 5.26. The normalized spacial score (nSPS) is 14.6. The molecule has 5 heteroatoms. The molecule has 0 saturated carbocycles. The number of benzene rings is 2. The highest BCUT2D eigenvalue weighted by Crippen LogP contribution is 2.22. The van der Waals surface area contributed by atoms with E-state index in [0.29, 0.717) is 16.6 Å². The minimum atomic E-state index is -0.156. The highest BCUT2D eigenvalue weighted by atomic mass is 35.5. The van der Waals surface area contributed by atoms with E-state index in [1.807, 2.05) is 0 Å². The van der Waals surface area contributed by atoms with Gasteiger partial charge in [0.1, 0.15) is 0 Å². The number of rotatable bonds is 5. The van der Waals surface area contributed by atoms with Gasteiger partial charge in [0.25, 0.3) is 0 Å². The van der Waals surface area contributed by atoms with Gasteiger partial charge >= 0.3 is 0 Å². The fraction of sp³-hybridized carbons (Fsp3) is 0.286. The number of carbonyl (C=O) groups excluding carboxylic acids is 1. The van der Waals surface area contributed by atoms with E-state index in [-0.39, 0.29) is 5.91 Å². The van der Waals surface area contributed by atoms with Crippen LogP contribution in [0, 0.1) is 0 Å². The number of amides is 1. The van der Waals surface area contributed by atoms with Crippen LogP contribution in [0.3, 0.4) is 0 Å².